The van der Waals surface area contributed by atoms with Gasteiger partial charge in [-0.3, -0.25) is 4.57 Å². The molecule has 0 spiro atoms. The van der Waals surface area contributed by atoms with Gasteiger partial charge in [0.2, 0.25) is 0 Å². The third kappa shape index (κ3) is 2.16. The van der Waals surface area contributed by atoms with Gasteiger partial charge in [-0.05, 0) is 12.1 Å². The molecule has 0 fully saturated rings. The van der Waals surface area contributed by atoms with Gasteiger partial charge in [0.15, 0.2) is 5.69 Å². The van der Waals surface area contributed by atoms with Crippen LogP contribution in [0, 0.1) is 5.82 Å². The molecule has 0 bridgehead atoms. The van der Waals surface area contributed by atoms with E-state index < -0.39 is 11.8 Å². The maximum Gasteiger partial charge on any atom is 0.360 e. The Morgan fingerprint density at radius 3 is 2.74 bits per heavy atom. The molecule has 1 aromatic carbocycles. The summed E-state index contributed by atoms with van der Waals surface area (Å²) >= 11 is 0. The summed E-state index contributed by atoms with van der Waals surface area (Å²) in [7, 11) is 1.25. The molecule has 0 amide bonds. The van der Waals surface area contributed by atoms with Crippen LogP contribution in [-0.2, 0) is 11.2 Å². The summed E-state index contributed by atoms with van der Waals surface area (Å²) < 4.78 is 19.9. The molecule has 100 valence electrons. The van der Waals surface area contributed by atoms with Crippen LogP contribution >= 0.6 is 0 Å². The van der Waals surface area contributed by atoms with Crippen molar-refractivity contribution in [1.82, 2.24) is 9.55 Å². The Bertz CT molecular complexity index is 622. The van der Waals surface area contributed by atoms with E-state index in [1.54, 1.807) is 18.2 Å². The number of aromatic nitrogens is 2. The molecule has 0 radical (unpaired) electrons. The molecule has 0 saturated heterocycles. The zero-order valence-electron chi connectivity index (χ0n) is 10.7. The number of nitrogens with two attached hydrogens (primary N) is 1. The Morgan fingerprint density at radius 2 is 2.16 bits per heavy atom. The first kappa shape index (κ1) is 13.1. The fourth-order valence-electron chi connectivity index (χ4n) is 1.87. The van der Waals surface area contributed by atoms with Gasteiger partial charge in [-0.25, -0.2) is 14.2 Å². The number of nitrogens with zero attached hydrogens (tertiary/aromatic N) is 2. The minimum atomic E-state index is -0.637. The minimum Gasteiger partial charge on any atom is -0.464 e. The van der Waals surface area contributed by atoms with Crippen LogP contribution in [0.1, 0.15) is 23.2 Å². The van der Waals surface area contributed by atoms with Crippen LogP contribution in [0.4, 0.5) is 10.2 Å². The molecule has 0 saturated carbocycles. The molecular weight excluding hydrogens is 249 g/mol. The number of anilines is 1. The molecule has 0 unspecified atom stereocenters. The Labute approximate surface area is 109 Å². The molecule has 2 rings (SSSR count). The van der Waals surface area contributed by atoms with Crippen molar-refractivity contribution < 1.29 is 13.9 Å². The van der Waals surface area contributed by atoms with E-state index in [9.17, 15) is 9.18 Å². The SMILES string of the molecule is CCc1nc(C(=O)OC)c(N)n1-c1ccccc1F. The highest BCUT2D eigenvalue weighted by atomic mass is 19.1. The van der Waals surface area contributed by atoms with Gasteiger partial charge in [0.05, 0.1) is 12.8 Å². The summed E-state index contributed by atoms with van der Waals surface area (Å²) in [6, 6.07) is 6.17. The monoisotopic (exact) mass is 263 g/mol. The van der Waals surface area contributed by atoms with E-state index in [0.717, 1.165) is 0 Å². The predicted molar refractivity (Wildman–Crippen MR) is 68.7 cm³/mol. The van der Waals surface area contributed by atoms with Crippen molar-refractivity contribution in [2.75, 3.05) is 12.8 Å². The van der Waals surface area contributed by atoms with E-state index in [-0.39, 0.29) is 17.2 Å². The normalized spacial score (nSPS) is 10.5. The van der Waals surface area contributed by atoms with E-state index >= 15 is 0 Å². The lowest BCUT2D eigenvalue weighted by Gasteiger charge is -2.09. The van der Waals surface area contributed by atoms with Gasteiger partial charge in [0.25, 0.3) is 0 Å². The molecule has 1 aromatic heterocycles. The molecule has 0 aliphatic heterocycles. The largest absolute Gasteiger partial charge is 0.464 e. The Hall–Kier alpha value is -2.37. The van der Waals surface area contributed by atoms with Gasteiger partial charge >= 0.3 is 5.97 Å². The molecule has 2 aromatic rings. The maximum absolute atomic E-state index is 13.8. The molecule has 5 nitrogen and oxygen atoms in total. The van der Waals surface area contributed by atoms with Crippen LogP contribution < -0.4 is 5.73 Å². The standard InChI is InChI=1S/C13H14FN3O2/c1-3-10-16-11(13(18)19-2)12(15)17(10)9-7-5-4-6-8(9)14/h4-7H,3,15H2,1-2H3. The first-order valence-electron chi connectivity index (χ1n) is 5.80. The van der Waals surface area contributed by atoms with Crippen molar-refractivity contribution in [2.24, 2.45) is 0 Å². The van der Waals surface area contributed by atoms with Crippen molar-refractivity contribution in [3.8, 4) is 5.69 Å². The zero-order valence-corrected chi connectivity index (χ0v) is 10.7. The van der Waals surface area contributed by atoms with Crippen LogP contribution in [-0.4, -0.2) is 22.6 Å². The molecular formula is C13H14FN3O2. The molecule has 19 heavy (non-hydrogen) atoms. The minimum absolute atomic E-state index is 0.00241. The van der Waals surface area contributed by atoms with Crippen molar-refractivity contribution in [3.05, 3.63) is 41.6 Å². The van der Waals surface area contributed by atoms with Gasteiger partial charge in [-0.1, -0.05) is 19.1 Å². The number of carbonyl (C=O) groups is 1. The number of ether oxygens (including phenoxy) is 1. The number of rotatable bonds is 3. The lowest BCUT2D eigenvalue weighted by atomic mass is 10.3. The van der Waals surface area contributed by atoms with Gasteiger partial charge in [-0.2, -0.15) is 0 Å². The highest BCUT2D eigenvalue weighted by Crippen LogP contribution is 2.23. The fraction of sp³-hybridized carbons (Fsp3) is 0.231. The number of para-hydroxylation sites is 1. The Kier molecular flexibility index (Phi) is 3.50. The van der Waals surface area contributed by atoms with Gasteiger partial charge in [-0.15, -0.1) is 0 Å². The first-order valence-corrected chi connectivity index (χ1v) is 5.80. The fourth-order valence-corrected chi connectivity index (χ4v) is 1.87. The quantitative estimate of drug-likeness (QED) is 0.859. The molecule has 0 atom stereocenters. The lowest BCUT2D eigenvalue weighted by molar-refractivity contribution is 0.0595. The number of benzene rings is 1. The molecule has 1 heterocycles. The number of carbonyl (C=O) groups excluding carboxylic acids is 1. The summed E-state index contributed by atoms with van der Waals surface area (Å²) in [5.41, 5.74) is 6.16. The topological polar surface area (TPSA) is 70.1 Å². The number of hydrogen-bond donors (Lipinski definition) is 1. The third-order valence-corrected chi connectivity index (χ3v) is 2.77. The summed E-state index contributed by atoms with van der Waals surface area (Å²) in [5, 5.41) is 0. The molecule has 6 heteroatoms. The van der Waals surface area contributed by atoms with Gasteiger partial charge in [0, 0.05) is 6.42 Å². The van der Waals surface area contributed by atoms with E-state index in [1.807, 2.05) is 6.92 Å². The second kappa shape index (κ2) is 5.09. The number of hydrogen-bond acceptors (Lipinski definition) is 4. The van der Waals surface area contributed by atoms with E-state index in [1.165, 1.54) is 17.7 Å². The molecule has 2 N–H and O–H groups in total. The number of methoxy groups -OCH3 is 1. The number of imidazole rings is 1. The first-order chi connectivity index (χ1) is 9.10. The maximum atomic E-state index is 13.8. The number of nitrogen functional groups attached to an aromatic ring is 1. The van der Waals surface area contributed by atoms with Gasteiger partial charge < -0.3 is 10.5 Å². The second-order valence-electron chi connectivity index (χ2n) is 3.89. The zero-order chi connectivity index (χ0) is 14.0. The molecule has 0 aliphatic rings. The second-order valence-corrected chi connectivity index (χ2v) is 3.89. The summed E-state index contributed by atoms with van der Waals surface area (Å²) in [4.78, 5) is 15.7. The van der Waals surface area contributed by atoms with Crippen molar-refractivity contribution in [3.63, 3.8) is 0 Å². The highest BCUT2D eigenvalue weighted by Gasteiger charge is 2.22. The Morgan fingerprint density at radius 1 is 1.47 bits per heavy atom. The van der Waals surface area contributed by atoms with Crippen molar-refractivity contribution in [1.29, 1.82) is 0 Å². The smallest absolute Gasteiger partial charge is 0.360 e. The van der Waals surface area contributed by atoms with Gasteiger partial charge in [0.1, 0.15) is 17.5 Å². The van der Waals surface area contributed by atoms with E-state index in [0.29, 0.717) is 12.2 Å². The summed E-state index contributed by atoms with van der Waals surface area (Å²) in [5.74, 6) is -0.489. The average Bonchev–Trinajstić information content (AvgIpc) is 2.75. The third-order valence-electron chi connectivity index (χ3n) is 2.77. The van der Waals surface area contributed by atoms with E-state index in [4.69, 9.17) is 5.73 Å². The number of aryl methyl sites for hydroxylation is 1. The summed E-state index contributed by atoms with van der Waals surface area (Å²) in [6.45, 7) is 1.85. The van der Waals surface area contributed by atoms with E-state index in [2.05, 4.69) is 9.72 Å². The van der Waals surface area contributed by atoms with Crippen LogP contribution in [0.5, 0.6) is 0 Å². The Balaban J connectivity index is 2.66. The highest BCUT2D eigenvalue weighted by molar-refractivity contribution is 5.92. The predicted octanol–water partition coefficient (Wildman–Crippen LogP) is 1.94. The summed E-state index contributed by atoms with van der Waals surface area (Å²) in [6.07, 6.45) is 0.509. The van der Waals surface area contributed by atoms with Crippen molar-refractivity contribution >= 4 is 11.8 Å². The van der Waals surface area contributed by atoms with Crippen LogP contribution in [0.3, 0.4) is 0 Å². The van der Waals surface area contributed by atoms with Crippen LogP contribution in [0.25, 0.3) is 5.69 Å². The lowest BCUT2D eigenvalue weighted by Crippen LogP contribution is -2.09. The molecule has 0 aliphatic carbocycles. The van der Waals surface area contributed by atoms with Crippen molar-refractivity contribution in [2.45, 2.75) is 13.3 Å². The number of esters is 1. The number of halogens is 1. The van der Waals surface area contributed by atoms with Crippen LogP contribution in [0.15, 0.2) is 24.3 Å². The van der Waals surface area contributed by atoms with Crippen LogP contribution in [0.2, 0.25) is 0 Å². The average molecular weight is 263 g/mol.